The van der Waals surface area contributed by atoms with Gasteiger partial charge in [0, 0.05) is 16.6 Å². The molecule has 0 spiro atoms. The van der Waals surface area contributed by atoms with E-state index in [1.807, 2.05) is 12.1 Å². The van der Waals surface area contributed by atoms with Gasteiger partial charge in [-0.1, -0.05) is 17.7 Å². The van der Waals surface area contributed by atoms with E-state index in [0.29, 0.717) is 18.9 Å². The van der Waals surface area contributed by atoms with Gasteiger partial charge in [0.2, 0.25) is 0 Å². The molecule has 2 heterocycles. The number of ether oxygens (including phenoxy) is 1. The summed E-state index contributed by atoms with van der Waals surface area (Å²) in [5.41, 5.74) is 7.14. The smallest absolute Gasteiger partial charge is 0.339 e. The number of benzene rings is 2. The summed E-state index contributed by atoms with van der Waals surface area (Å²) in [6.07, 6.45) is 2.81. The third kappa shape index (κ3) is 2.25. The van der Waals surface area contributed by atoms with Crippen LogP contribution in [-0.2, 0) is 19.4 Å². The lowest BCUT2D eigenvalue weighted by Gasteiger charge is -2.32. The van der Waals surface area contributed by atoms with E-state index < -0.39 is 0 Å². The summed E-state index contributed by atoms with van der Waals surface area (Å²) in [6, 6.07) is 10.5. The Labute approximate surface area is 152 Å². The summed E-state index contributed by atoms with van der Waals surface area (Å²) in [4.78, 5) is 14.6. The Bertz CT molecular complexity index is 1100. The van der Waals surface area contributed by atoms with Gasteiger partial charge in [0.25, 0.3) is 0 Å². The topological polar surface area (TPSA) is 42.7 Å². The number of fused-ring (bicyclic) bond motifs is 5. The summed E-state index contributed by atoms with van der Waals surface area (Å²) in [7, 11) is 0. The Morgan fingerprint density at radius 3 is 2.69 bits per heavy atom. The lowest BCUT2D eigenvalue weighted by atomic mass is 10.0. The minimum atomic E-state index is -0.179. The van der Waals surface area contributed by atoms with Gasteiger partial charge >= 0.3 is 5.63 Å². The molecule has 0 N–H and O–H groups in total. The van der Waals surface area contributed by atoms with E-state index >= 15 is 0 Å². The van der Waals surface area contributed by atoms with Crippen LogP contribution in [-0.4, -0.2) is 6.73 Å². The molecule has 1 aliphatic carbocycles. The first-order valence-electron chi connectivity index (χ1n) is 9.17. The molecule has 5 rings (SSSR count). The van der Waals surface area contributed by atoms with Gasteiger partial charge in [-0.15, -0.1) is 0 Å². The van der Waals surface area contributed by atoms with Gasteiger partial charge in [-0.3, -0.25) is 0 Å². The highest BCUT2D eigenvalue weighted by atomic mass is 16.5. The molecule has 132 valence electrons. The second kappa shape index (κ2) is 5.63. The predicted octanol–water partition coefficient (Wildman–Crippen LogP) is 4.26. The van der Waals surface area contributed by atoms with Crippen molar-refractivity contribution < 1.29 is 9.15 Å². The van der Waals surface area contributed by atoms with Crippen LogP contribution in [0.5, 0.6) is 5.75 Å². The molecular weight excluding hydrogens is 326 g/mol. The zero-order valence-corrected chi connectivity index (χ0v) is 15.1. The fourth-order valence-corrected chi connectivity index (χ4v) is 4.37. The maximum Gasteiger partial charge on any atom is 0.339 e. The number of hydrogen-bond acceptors (Lipinski definition) is 4. The molecule has 0 saturated carbocycles. The maximum absolute atomic E-state index is 12.4. The van der Waals surface area contributed by atoms with Crippen molar-refractivity contribution in [2.75, 3.05) is 11.6 Å². The van der Waals surface area contributed by atoms with Crippen molar-refractivity contribution in [3.05, 3.63) is 68.6 Å². The highest BCUT2D eigenvalue weighted by Gasteiger charge is 2.26. The van der Waals surface area contributed by atoms with Gasteiger partial charge < -0.3 is 14.1 Å². The summed E-state index contributed by atoms with van der Waals surface area (Å²) >= 11 is 0. The number of aryl methyl sites for hydroxylation is 3. The Hall–Kier alpha value is -2.75. The van der Waals surface area contributed by atoms with Gasteiger partial charge in [-0.2, -0.15) is 0 Å². The lowest BCUT2D eigenvalue weighted by molar-refractivity contribution is 0.289. The lowest BCUT2D eigenvalue weighted by Crippen LogP contribution is -2.32. The fourth-order valence-electron chi connectivity index (χ4n) is 4.37. The van der Waals surface area contributed by atoms with Crippen molar-refractivity contribution in [2.45, 2.75) is 39.7 Å². The van der Waals surface area contributed by atoms with Crippen LogP contribution in [0, 0.1) is 13.8 Å². The second-order valence-corrected chi connectivity index (χ2v) is 7.38. The summed E-state index contributed by atoms with van der Waals surface area (Å²) in [5, 5.41) is 1.07. The third-order valence-corrected chi connectivity index (χ3v) is 5.62. The molecule has 0 fully saturated rings. The Morgan fingerprint density at radius 1 is 1.00 bits per heavy atom. The van der Waals surface area contributed by atoms with Crippen molar-refractivity contribution in [2.24, 2.45) is 0 Å². The number of nitrogens with zero attached hydrogens (tertiary/aromatic N) is 1. The number of hydrogen-bond donors (Lipinski definition) is 0. The third-order valence-electron chi connectivity index (χ3n) is 5.62. The maximum atomic E-state index is 12.4. The van der Waals surface area contributed by atoms with E-state index in [2.05, 4.69) is 36.9 Å². The molecule has 0 atom stereocenters. The van der Waals surface area contributed by atoms with Crippen LogP contribution in [0.4, 0.5) is 5.69 Å². The van der Waals surface area contributed by atoms with Crippen molar-refractivity contribution >= 4 is 16.7 Å². The Morgan fingerprint density at radius 2 is 1.85 bits per heavy atom. The SMILES string of the molecule is Cc1ccc(N2COc3ccc4c5c(c(=O)oc4c3C2)CCC5)c(C)c1. The first-order chi connectivity index (χ1) is 12.6. The monoisotopic (exact) mass is 347 g/mol. The highest BCUT2D eigenvalue weighted by Crippen LogP contribution is 2.37. The van der Waals surface area contributed by atoms with Gasteiger partial charge in [0.05, 0.1) is 12.1 Å². The average Bonchev–Trinajstić information content (AvgIpc) is 3.12. The summed E-state index contributed by atoms with van der Waals surface area (Å²) in [6.45, 7) is 5.39. The van der Waals surface area contributed by atoms with E-state index in [1.54, 1.807) is 0 Å². The molecular formula is C22H21NO3. The van der Waals surface area contributed by atoms with E-state index in [1.165, 1.54) is 16.7 Å². The normalized spacial score (nSPS) is 15.7. The number of rotatable bonds is 1. The molecule has 0 saturated heterocycles. The molecule has 1 aromatic heterocycles. The molecule has 3 aromatic rings. The molecule has 1 aliphatic heterocycles. The summed E-state index contributed by atoms with van der Waals surface area (Å²) < 4.78 is 11.8. The van der Waals surface area contributed by atoms with E-state index in [4.69, 9.17) is 9.15 Å². The second-order valence-electron chi connectivity index (χ2n) is 7.38. The molecule has 26 heavy (non-hydrogen) atoms. The van der Waals surface area contributed by atoms with E-state index in [9.17, 15) is 4.79 Å². The summed E-state index contributed by atoms with van der Waals surface area (Å²) in [5.74, 6) is 0.819. The Balaban J connectivity index is 1.65. The van der Waals surface area contributed by atoms with Crippen LogP contribution >= 0.6 is 0 Å². The zero-order valence-electron chi connectivity index (χ0n) is 15.1. The largest absolute Gasteiger partial charge is 0.473 e. The van der Waals surface area contributed by atoms with Gasteiger partial charge in [0.1, 0.15) is 11.3 Å². The molecule has 4 heteroatoms. The zero-order chi connectivity index (χ0) is 17.8. The Kier molecular flexibility index (Phi) is 3.36. The number of anilines is 1. The molecule has 0 radical (unpaired) electrons. The van der Waals surface area contributed by atoms with Crippen molar-refractivity contribution in [1.29, 1.82) is 0 Å². The van der Waals surface area contributed by atoms with Crippen LogP contribution in [0.3, 0.4) is 0 Å². The minimum Gasteiger partial charge on any atom is -0.473 e. The van der Waals surface area contributed by atoms with Crippen LogP contribution in [0.25, 0.3) is 11.0 Å². The highest BCUT2D eigenvalue weighted by molar-refractivity contribution is 5.87. The molecule has 0 bridgehead atoms. The predicted molar refractivity (Wildman–Crippen MR) is 102 cm³/mol. The van der Waals surface area contributed by atoms with E-state index in [0.717, 1.165) is 47.2 Å². The fraction of sp³-hybridized carbons (Fsp3) is 0.318. The van der Waals surface area contributed by atoms with Crippen molar-refractivity contribution in [3.63, 3.8) is 0 Å². The van der Waals surface area contributed by atoms with Crippen LogP contribution in [0.2, 0.25) is 0 Å². The minimum absolute atomic E-state index is 0.179. The van der Waals surface area contributed by atoms with Gasteiger partial charge in [0.15, 0.2) is 6.73 Å². The van der Waals surface area contributed by atoms with Crippen molar-refractivity contribution in [1.82, 2.24) is 0 Å². The van der Waals surface area contributed by atoms with Crippen LogP contribution in [0.1, 0.15) is 34.2 Å². The van der Waals surface area contributed by atoms with Gasteiger partial charge in [-0.25, -0.2) is 4.79 Å². The molecule has 0 amide bonds. The van der Waals surface area contributed by atoms with Crippen molar-refractivity contribution in [3.8, 4) is 5.75 Å². The van der Waals surface area contributed by atoms with Gasteiger partial charge in [-0.05, 0) is 62.4 Å². The first-order valence-corrected chi connectivity index (χ1v) is 9.17. The first kappa shape index (κ1) is 15.5. The molecule has 0 unspecified atom stereocenters. The molecule has 4 nitrogen and oxygen atoms in total. The average molecular weight is 347 g/mol. The standard InChI is InChI=1S/C22H21NO3/c1-13-6-8-19(14(2)10-13)23-11-18-20(25-12-23)9-7-16-15-4-3-5-17(15)22(24)26-21(16)18/h6-10H,3-5,11-12H2,1-2H3. The molecule has 2 aliphatic rings. The van der Waals surface area contributed by atoms with E-state index in [-0.39, 0.29) is 5.63 Å². The molecule has 2 aromatic carbocycles. The quantitative estimate of drug-likeness (QED) is 0.617. The van der Waals surface area contributed by atoms with Crippen LogP contribution < -0.4 is 15.3 Å². The van der Waals surface area contributed by atoms with Crippen LogP contribution in [0.15, 0.2) is 39.5 Å².